The number of hydrogen-bond donors (Lipinski definition) is 1. The van der Waals surface area contributed by atoms with Crippen molar-refractivity contribution in [2.75, 3.05) is 23.3 Å². The first-order valence-electron chi connectivity index (χ1n) is 7.17. The minimum atomic E-state index is 0.658. The third-order valence-electron chi connectivity index (χ3n) is 3.58. The van der Waals surface area contributed by atoms with Gasteiger partial charge in [-0.3, -0.25) is 4.98 Å². The van der Waals surface area contributed by atoms with Gasteiger partial charge in [0.2, 0.25) is 0 Å². The topological polar surface area (TPSA) is 41.1 Å². The Morgan fingerprint density at radius 3 is 2.72 bits per heavy atom. The van der Waals surface area contributed by atoms with E-state index in [2.05, 4.69) is 34.0 Å². The minimum absolute atomic E-state index is 0.658. The van der Waals surface area contributed by atoms with Gasteiger partial charge in [0.25, 0.3) is 0 Å². The van der Waals surface area contributed by atoms with E-state index in [4.69, 9.17) is 0 Å². The van der Waals surface area contributed by atoms with Gasteiger partial charge in [-0.1, -0.05) is 19.8 Å². The molecule has 0 unspecified atom stereocenters. The fourth-order valence-corrected chi connectivity index (χ4v) is 2.66. The summed E-state index contributed by atoms with van der Waals surface area (Å²) in [7, 11) is 0. The number of nitrogens with zero attached hydrogens (tertiary/aromatic N) is 3. The van der Waals surface area contributed by atoms with E-state index in [1.165, 1.54) is 25.7 Å². The second-order valence-corrected chi connectivity index (χ2v) is 4.91. The Hall–Kier alpha value is -1.32. The average molecular weight is 248 g/mol. The normalized spacial score (nSPS) is 15.9. The Morgan fingerprint density at radius 2 is 2.06 bits per heavy atom. The summed E-state index contributed by atoms with van der Waals surface area (Å²) >= 11 is 0. The first-order valence-corrected chi connectivity index (χ1v) is 7.17. The predicted octanol–water partition coefficient (Wildman–Crippen LogP) is 3.07. The molecule has 1 fully saturated rings. The molecule has 1 aromatic heterocycles. The van der Waals surface area contributed by atoms with Gasteiger partial charge in [-0.2, -0.15) is 0 Å². The first-order chi connectivity index (χ1) is 8.85. The molecule has 1 aliphatic carbocycles. The second kappa shape index (κ2) is 6.57. The summed E-state index contributed by atoms with van der Waals surface area (Å²) in [5.41, 5.74) is 0. The lowest BCUT2D eigenvalue weighted by atomic mass is 10.2. The highest BCUT2D eigenvalue weighted by molar-refractivity contribution is 5.44. The molecule has 1 aliphatic rings. The van der Waals surface area contributed by atoms with Crippen molar-refractivity contribution in [1.82, 2.24) is 9.97 Å². The lowest BCUT2D eigenvalue weighted by Crippen LogP contribution is -2.33. The molecule has 0 spiro atoms. The number of aromatic nitrogens is 2. The van der Waals surface area contributed by atoms with Crippen molar-refractivity contribution in [3.05, 3.63) is 12.4 Å². The summed E-state index contributed by atoms with van der Waals surface area (Å²) in [6.07, 6.45) is 10.1. The zero-order chi connectivity index (χ0) is 12.8. The van der Waals surface area contributed by atoms with Gasteiger partial charge in [0.05, 0.1) is 12.4 Å². The smallest absolute Gasteiger partial charge is 0.149 e. The Bertz CT molecular complexity index is 361. The molecule has 1 heterocycles. The maximum absolute atomic E-state index is 4.68. The second-order valence-electron chi connectivity index (χ2n) is 4.91. The quantitative estimate of drug-likeness (QED) is 0.840. The van der Waals surface area contributed by atoms with Gasteiger partial charge in [-0.15, -0.1) is 0 Å². The largest absolute Gasteiger partial charge is 0.369 e. The van der Waals surface area contributed by atoms with Gasteiger partial charge >= 0.3 is 0 Å². The average Bonchev–Trinajstić information content (AvgIpc) is 2.92. The maximum Gasteiger partial charge on any atom is 0.149 e. The summed E-state index contributed by atoms with van der Waals surface area (Å²) in [5.74, 6) is 1.91. The molecule has 100 valence electrons. The monoisotopic (exact) mass is 248 g/mol. The van der Waals surface area contributed by atoms with E-state index >= 15 is 0 Å². The van der Waals surface area contributed by atoms with Crippen molar-refractivity contribution in [3.63, 3.8) is 0 Å². The van der Waals surface area contributed by atoms with E-state index in [9.17, 15) is 0 Å². The number of rotatable bonds is 6. The van der Waals surface area contributed by atoms with Crippen LogP contribution in [0.2, 0.25) is 0 Å². The maximum atomic E-state index is 4.68. The van der Waals surface area contributed by atoms with Crippen LogP contribution in [0, 0.1) is 0 Å². The highest BCUT2D eigenvalue weighted by Crippen LogP contribution is 2.27. The van der Waals surface area contributed by atoms with Gasteiger partial charge in [-0.25, -0.2) is 4.98 Å². The van der Waals surface area contributed by atoms with Crippen LogP contribution in [0.15, 0.2) is 12.4 Å². The van der Waals surface area contributed by atoms with Crippen LogP contribution in [-0.4, -0.2) is 29.1 Å². The molecule has 1 saturated carbocycles. The van der Waals surface area contributed by atoms with Gasteiger partial charge in [0, 0.05) is 19.1 Å². The van der Waals surface area contributed by atoms with E-state index in [-0.39, 0.29) is 0 Å². The SMILES string of the molecule is CCCNc1cncc(N(CC)C2CCCC2)n1. The Kier molecular flexibility index (Phi) is 4.79. The molecule has 0 bridgehead atoms. The lowest BCUT2D eigenvalue weighted by Gasteiger charge is -2.28. The minimum Gasteiger partial charge on any atom is -0.369 e. The molecule has 0 amide bonds. The molecular weight excluding hydrogens is 224 g/mol. The Labute approximate surface area is 110 Å². The van der Waals surface area contributed by atoms with Crippen LogP contribution < -0.4 is 10.2 Å². The summed E-state index contributed by atoms with van der Waals surface area (Å²) in [6, 6.07) is 0.658. The molecule has 0 radical (unpaired) electrons. The third-order valence-corrected chi connectivity index (χ3v) is 3.58. The van der Waals surface area contributed by atoms with Crippen molar-refractivity contribution in [1.29, 1.82) is 0 Å². The van der Waals surface area contributed by atoms with Gasteiger partial charge < -0.3 is 10.2 Å². The molecule has 0 aliphatic heterocycles. The highest BCUT2D eigenvalue weighted by Gasteiger charge is 2.22. The highest BCUT2D eigenvalue weighted by atomic mass is 15.2. The fraction of sp³-hybridized carbons (Fsp3) is 0.714. The Morgan fingerprint density at radius 1 is 1.28 bits per heavy atom. The fourth-order valence-electron chi connectivity index (χ4n) is 2.66. The molecular formula is C14H24N4. The van der Waals surface area contributed by atoms with E-state index in [1.807, 2.05) is 12.4 Å². The zero-order valence-corrected chi connectivity index (χ0v) is 11.5. The van der Waals surface area contributed by atoms with E-state index in [1.54, 1.807) is 0 Å². The molecule has 4 nitrogen and oxygen atoms in total. The van der Waals surface area contributed by atoms with E-state index < -0.39 is 0 Å². The molecule has 1 aromatic rings. The number of nitrogens with one attached hydrogen (secondary N) is 1. The van der Waals surface area contributed by atoms with Crippen molar-refractivity contribution < 1.29 is 0 Å². The van der Waals surface area contributed by atoms with Crippen LogP contribution in [0.4, 0.5) is 11.6 Å². The number of hydrogen-bond acceptors (Lipinski definition) is 4. The molecule has 1 N–H and O–H groups in total. The molecule has 18 heavy (non-hydrogen) atoms. The van der Waals surface area contributed by atoms with Crippen molar-refractivity contribution in [2.45, 2.75) is 52.0 Å². The van der Waals surface area contributed by atoms with Crippen molar-refractivity contribution in [2.24, 2.45) is 0 Å². The number of anilines is 2. The van der Waals surface area contributed by atoms with E-state index in [0.717, 1.165) is 31.1 Å². The van der Waals surface area contributed by atoms with E-state index in [0.29, 0.717) is 6.04 Å². The van der Waals surface area contributed by atoms with Crippen LogP contribution in [0.25, 0.3) is 0 Å². The third kappa shape index (κ3) is 3.12. The van der Waals surface area contributed by atoms with Crippen LogP contribution in [0.3, 0.4) is 0 Å². The lowest BCUT2D eigenvalue weighted by molar-refractivity contribution is 0.612. The van der Waals surface area contributed by atoms with Gasteiger partial charge in [0.15, 0.2) is 0 Å². The van der Waals surface area contributed by atoms with Gasteiger partial charge in [-0.05, 0) is 26.2 Å². The molecule has 2 rings (SSSR count). The summed E-state index contributed by atoms with van der Waals surface area (Å²) in [6.45, 7) is 6.32. The predicted molar refractivity (Wildman–Crippen MR) is 76.1 cm³/mol. The van der Waals surface area contributed by atoms with Crippen LogP contribution >= 0.6 is 0 Å². The summed E-state index contributed by atoms with van der Waals surface area (Å²) in [4.78, 5) is 11.4. The molecule has 0 saturated heterocycles. The first kappa shape index (κ1) is 13.1. The molecule has 0 atom stereocenters. The standard InChI is InChI=1S/C14H24N4/c1-3-9-16-13-10-15-11-14(17-13)18(4-2)12-7-5-6-8-12/h10-12H,3-9H2,1-2H3,(H,16,17). The summed E-state index contributed by atoms with van der Waals surface area (Å²) < 4.78 is 0. The molecule has 4 heteroatoms. The van der Waals surface area contributed by atoms with Gasteiger partial charge in [0.1, 0.15) is 11.6 Å². The van der Waals surface area contributed by atoms with Crippen molar-refractivity contribution >= 4 is 11.6 Å². The van der Waals surface area contributed by atoms with Crippen LogP contribution in [0.1, 0.15) is 46.0 Å². The summed E-state index contributed by atoms with van der Waals surface area (Å²) in [5, 5.41) is 3.30. The molecule has 0 aromatic carbocycles. The zero-order valence-electron chi connectivity index (χ0n) is 11.5. The Balaban J connectivity index is 2.09. The van der Waals surface area contributed by atoms with Crippen LogP contribution in [-0.2, 0) is 0 Å². The van der Waals surface area contributed by atoms with Crippen LogP contribution in [0.5, 0.6) is 0 Å². The van der Waals surface area contributed by atoms with Crippen molar-refractivity contribution in [3.8, 4) is 0 Å².